The molecule has 7 nitrogen and oxygen atoms in total. The molecule has 0 radical (unpaired) electrons. The summed E-state index contributed by atoms with van der Waals surface area (Å²) < 4.78 is 19.0. The third-order valence-electron chi connectivity index (χ3n) is 6.68. The summed E-state index contributed by atoms with van der Waals surface area (Å²) in [5.41, 5.74) is 2.93. The first kappa shape index (κ1) is 23.7. The van der Waals surface area contributed by atoms with E-state index in [0.29, 0.717) is 24.0 Å². The van der Waals surface area contributed by atoms with Crippen LogP contribution in [0.25, 0.3) is 11.8 Å². The molecule has 184 valence electrons. The zero-order valence-corrected chi connectivity index (χ0v) is 20.9. The van der Waals surface area contributed by atoms with Gasteiger partial charge in [-0.25, -0.2) is 9.18 Å². The van der Waals surface area contributed by atoms with Gasteiger partial charge in [0.2, 0.25) is 0 Å². The summed E-state index contributed by atoms with van der Waals surface area (Å²) in [4.78, 5) is 22.5. The van der Waals surface area contributed by atoms with Crippen molar-refractivity contribution in [3.63, 3.8) is 0 Å². The molecule has 1 amide bonds. The first-order valence-corrected chi connectivity index (χ1v) is 12.4. The van der Waals surface area contributed by atoms with Crippen LogP contribution >= 0.6 is 11.6 Å². The molecule has 35 heavy (non-hydrogen) atoms. The zero-order valence-electron chi connectivity index (χ0n) is 20.1. The molecular formula is C26H29ClFN5O2. The van der Waals surface area contributed by atoms with Gasteiger partial charge in [0.1, 0.15) is 11.4 Å². The lowest BCUT2D eigenvalue weighted by atomic mass is 9.78. The van der Waals surface area contributed by atoms with Crippen molar-refractivity contribution in [2.75, 3.05) is 11.4 Å². The Morgan fingerprint density at radius 3 is 2.63 bits per heavy atom. The summed E-state index contributed by atoms with van der Waals surface area (Å²) in [5, 5.41) is 11.2. The van der Waals surface area contributed by atoms with E-state index in [4.69, 9.17) is 16.3 Å². The van der Waals surface area contributed by atoms with E-state index in [1.165, 1.54) is 12.3 Å². The molecule has 0 atom stereocenters. The van der Waals surface area contributed by atoms with E-state index in [0.717, 1.165) is 59.0 Å². The number of H-pyrrole nitrogens is 1. The number of allylic oxidation sites excluding steroid dienone is 1. The number of aromatic nitrogens is 2. The fraction of sp³-hybridized carbons (Fsp3) is 0.462. The van der Waals surface area contributed by atoms with Crippen LogP contribution in [0.1, 0.15) is 63.6 Å². The van der Waals surface area contributed by atoms with Crippen LogP contribution in [0.5, 0.6) is 0 Å². The van der Waals surface area contributed by atoms with E-state index in [1.54, 1.807) is 17.0 Å². The Morgan fingerprint density at radius 1 is 1.20 bits per heavy atom. The molecule has 1 saturated carbocycles. The fourth-order valence-electron chi connectivity index (χ4n) is 5.09. The highest BCUT2D eigenvalue weighted by Gasteiger charge is 2.32. The number of hydrogen-bond donors (Lipinski definition) is 1. The number of fused-ring (bicyclic) bond motifs is 3. The number of ether oxygens (including phenoxy) is 1. The maximum absolute atomic E-state index is 13.3. The fourth-order valence-corrected chi connectivity index (χ4v) is 5.27. The molecule has 9 heteroatoms. The molecule has 1 aliphatic carbocycles. The summed E-state index contributed by atoms with van der Waals surface area (Å²) in [6.45, 7) is 6.24. The van der Waals surface area contributed by atoms with Gasteiger partial charge in [0, 0.05) is 34.7 Å². The van der Waals surface area contributed by atoms with Gasteiger partial charge in [0.25, 0.3) is 0 Å². The number of halogens is 2. The van der Waals surface area contributed by atoms with Crippen molar-refractivity contribution in [1.29, 1.82) is 0 Å². The Balaban J connectivity index is 1.48. The number of nitrogens with one attached hydrogen (secondary N) is 1. The number of rotatable bonds is 2. The van der Waals surface area contributed by atoms with Crippen LogP contribution in [0.4, 0.5) is 14.9 Å². The number of carbonyl (C=O) groups excluding carboxylic acids is 1. The molecule has 0 unspecified atom stereocenters. The van der Waals surface area contributed by atoms with Crippen molar-refractivity contribution < 1.29 is 13.9 Å². The molecule has 0 saturated heterocycles. The predicted molar refractivity (Wildman–Crippen MR) is 133 cm³/mol. The Kier molecular flexibility index (Phi) is 6.25. The van der Waals surface area contributed by atoms with Crippen molar-refractivity contribution >= 4 is 35.2 Å². The van der Waals surface area contributed by atoms with Crippen LogP contribution < -0.4 is 15.6 Å². The minimum atomic E-state index is -0.619. The first-order chi connectivity index (χ1) is 16.7. The number of carbonyl (C=O) groups is 1. The highest BCUT2D eigenvalue weighted by molar-refractivity contribution is 6.34. The second kappa shape index (κ2) is 9.22. The van der Waals surface area contributed by atoms with Gasteiger partial charge in [-0.3, -0.25) is 9.88 Å². The monoisotopic (exact) mass is 497 g/mol. The van der Waals surface area contributed by atoms with E-state index in [1.807, 2.05) is 26.8 Å². The average molecular weight is 498 g/mol. The molecule has 2 aromatic heterocycles. The second-order valence-electron chi connectivity index (χ2n) is 10.3. The Morgan fingerprint density at radius 2 is 1.94 bits per heavy atom. The number of aromatic amines is 1. The topological polar surface area (TPSA) is 82.9 Å². The van der Waals surface area contributed by atoms with Gasteiger partial charge in [-0.1, -0.05) is 11.6 Å². The lowest BCUT2D eigenvalue weighted by molar-refractivity contribution is 0.0584. The predicted octanol–water partition coefficient (Wildman–Crippen LogP) is 5.26. The van der Waals surface area contributed by atoms with Crippen molar-refractivity contribution in [3.05, 3.63) is 57.2 Å². The summed E-state index contributed by atoms with van der Waals surface area (Å²) in [7, 11) is 0. The van der Waals surface area contributed by atoms with E-state index in [9.17, 15) is 9.18 Å². The van der Waals surface area contributed by atoms with Crippen LogP contribution in [-0.2, 0) is 11.3 Å². The van der Waals surface area contributed by atoms with Gasteiger partial charge in [0.05, 0.1) is 34.8 Å². The Bertz CT molecular complexity index is 1320. The minimum absolute atomic E-state index is 0.234. The van der Waals surface area contributed by atoms with Crippen LogP contribution in [0.2, 0.25) is 0 Å². The standard InChI is InChI=1S/C26H29ClFN5O2/c1-26(2,3)35-25(34)33-11-10-17(27)12-21-24(33)19-14-30-32-22(23(19)31-21)16-6-4-15(5-7-16)20-9-8-18(28)13-29-20/h8-10,12-13,15-16,31H,4-7,11,14H2,1-3H3/t15-,16-. The van der Waals surface area contributed by atoms with Gasteiger partial charge in [-0.15, -0.1) is 0 Å². The molecule has 1 N–H and O–H groups in total. The molecule has 3 aliphatic rings. The SMILES string of the molecule is CC(C)(C)OC(=O)N1CC=C(Cl)C=c2[nH]c3c(c21)CN=NC=3[C@H]1CC[C@H](c2ccc(F)cn2)CC1. The number of anilines is 1. The maximum atomic E-state index is 13.3. The number of azo groups is 1. The summed E-state index contributed by atoms with van der Waals surface area (Å²) in [6, 6.07) is 3.26. The van der Waals surface area contributed by atoms with Gasteiger partial charge in [-0.05, 0) is 70.7 Å². The molecule has 4 heterocycles. The number of nitrogens with zero attached hydrogens (tertiary/aromatic N) is 4. The van der Waals surface area contributed by atoms with Crippen LogP contribution in [0, 0.1) is 11.7 Å². The van der Waals surface area contributed by atoms with Crippen LogP contribution in [0.3, 0.4) is 0 Å². The van der Waals surface area contributed by atoms with Crippen molar-refractivity contribution in [3.8, 4) is 0 Å². The number of pyridine rings is 1. The zero-order chi connectivity index (χ0) is 24.7. The molecular weight excluding hydrogens is 469 g/mol. The highest BCUT2D eigenvalue weighted by Crippen LogP contribution is 2.39. The largest absolute Gasteiger partial charge is 0.443 e. The van der Waals surface area contributed by atoms with E-state index in [-0.39, 0.29) is 11.7 Å². The van der Waals surface area contributed by atoms with Crippen molar-refractivity contribution in [1.82, 2.24) is 9.97 Å². The van der Waals surface area contributed by atoms with Gasteiger partial charge in [0.15, 0.2) is 0 Å². The smallest absolute Gasteiger partial charge is 0.415 e. The third-order valence-corrected chi connectivity index (χ3v) is 6.95. The van der Waals surface area contributed by atoms with Crippen molar-refractivity contribution in [2.45, 2.75) is 64.5 Å². The first-order valence-electron chi connectivity index (χ1n) is 12.0. The minimum Gasteiger partial charge on any atom is -0.443 e. The van der Waals surface area contributed by atoms with Gasteiger partial charge >= 0.3 is 6.09 Å². The summed E-state index contributed by atoms with van der Waals surface area (Å²) in [5.74, 6) is 0.234. The molecule has 5 rings (SSSR count). The molecule has 2 aliphatic heterocycles. The number of amides is 1. The van der Waals surface area contributed by atoms with E-state index < -0.39 is 11.7 Å². The quantitative estimate of drug-likeness (QED) is 0.614. The molecule has 2 aromatic rings. The summed E-state index contributed by atoms with van der Waals surface area (Å²) >= 11 is 6.41. The van der Waals surface area contributed by atoms with Crippen LogP contribution in [-0.4, -0.2) is 28.2 Å². The normalized spacial score (nSPS) is 22.0. The molecule has 0 aromatic carbocycles. The van der Waals surface area contributed by atoms with E-state index >= 15 is 0 Å². The average Bonchev–Trinajstić information content (AvgIpc) is 3.07. The lowest BCUT2D eigenvalue weighted by Gasteiger charge is -2.29. The second-order valence-corrected chi connectivity index (χ2v) is 10.7. The van der Waals surface area contributed by atoms with Gasteiger partial charge in [-0.2, -0.15) is 10.2 Å². The highest BCUT2D eigenvalue weighted by atomic mass is 35.5. The maximum Gasteiger partial charge on any atom is 0.415 e. The Hall–Kier alpha value is -3.00. The van der Waals surface area contributed by atoms with Crippen LogP contribution in [0.15, 0.2) is 39.7 Å². The molecule has 0 spiro atoms. The molecule has 1 fully saturated rings. The van der Waals surface area contributed by atoms with Gasteiger partial charge < -0.3 is 9.72 Å². The Labute approximate surface area is 208 Å². The van der Waals surface area contributed by atoms with Crippen molar-refractivity contribution in [2.24, 2.45) is 16.1 Å². The third kappa shape index (κ3) is 4.89. The summed E-state index contributed by atoms with van der Waals surface area (Å²) in [6.07, 6.45) is 8.26. The van der Waals surface area contributed by atoms with E-state index in [2.05, 4.69) is 20.2 Å². The lowest BCUT2D eigenvalue weighted by Crippen LogP contribution is -2.39. The molecule has 0 bridgehead atoms. The number of hydrogen-bond acceptors (Lipinski definition) is 5.